The molecule has 0 aliphatic rings. The smallest absolute Gasteiger partial charge is 0.224 e. The van der Waals surface area contributed by atoms with Gasteiger partial charge in [-0.3, -0.25) is 4.79 Å². The Balaban J connectivity index is 2.20. The fourth-order valence-electron chi connectivity index (χ4n) is 2.57. The predicted octanol–water partition coefficient (Wildman–Crippen LogP) is 3.96. The number of ether oxygens (including phenoxy) is 1. The molecule has 1 N–H and O–H groups in total. The van der Waals surface area contributed by atoms with Crippen LogP contribution in [0.2, 0.25) is 0 Å². The first-order chi connectivity index (χ1) is 11.6. The number of aromatic nitrogens is 2. The average Bonchev–Trinajstić information content (AvgIpc) is 2.61. The summed E-state index contributed by atoms with van der Waals surface area (Å²) in [5, 5.41) is 4.92. The molecule has 0 aliphatic heterocycles. The second kappa shape index (κ2) is 6.66. The van der Waals surface area contributed by atoms with Gasteiger partial charge in [0.25, 0.3) is 0 Å². The van der Waals surface area contributed by atoms with E-state index in [4.69, 9.17) is 4.74 Å². The minimum atomic E-state index is -0.0323. The van der Waals surface area contributed by atoms with Gasteiger partial charge in [-0.1, -0.05) is 13.0 Å². The third kappa shape index (κ3) is 3.20. The molecule has 0 radical (unpaired) electrons. The number of rotatable bonds is 4. The van der Waals surface area contributed by atoms with Gasteiger partial charge in [-0.05, 0) is 42.6 Å². The number of hydrogen-bond donors (Lipinski definition) is 1. The van der Waals surface area contributed by atoms with Crippen molar-refractivity contribution in [3.05, 3.63) is 48.4 Å². The van der Waals surface area contributed by atoms with Crippen LogP contribution in [-0.2, 0) is 4.79 Å². The van der Waals surface area contributed by atoms with E-state index in [-0.39, 0.29) is 5.91 Å². The zero-order valence-electron chi connectivity index (χ0n) is 14.0. The van der Waals surface area contributed by atoms with Crippen LogP contribution in [0.25, 0.3) is 22.0 Å². The van der Waals surface area contributed by atoms with Crippen molar-refractivity contribution in [1.29, 1.82) is 0 Å². The number of methoxy groups -OCH3 is 1. The second-order valence-electron chi connectivity index (χ2n) is 5.50. The summed E-state index contributed by atoms with van der Waals surface area (Å²) in [7, 11) is 1.63. The first-order valence-electron chi connectivity index (χ1n) is 7.82. The molecule has 0 saturated carbocycles. The van der Waals surface area contributed by atoms with E-state index >= 15 is 0 Å². The summed E-state index contributed by atoms with van der Waals surface area (Å²) in [5.41, 5.74) is 2.52. The summed E-state index contributed by atoms with van der Waals surface area (Å²) in [4.78, 5) is 20.5. The zero-order valence-corrected chi connectivity index (χ0v) is 14.0. The number of carbonyl (C=O) groups excluding carboxylic acids is 1. The molecule has 1 heterocycles. The normalized spacial score (nSPS) is 10.6. The summed E-state index contributed by atoms with van der Waals surface area (Å²) in [6, 6.07) is 11.7. The number of benzene rings is 2. The van der Waals surface area contributed by atoms with E-state index in [9.17, 15) is 4.79 Å². The molecule has 0 fully saturated rings. The quantitative estimate of drug-likeness (QED) is 0.790. The summed E-state index contributed by atoms with van der Waals surface area (Å²) in [6.07, 6.45) is 2.16. The lowest BCUT2D eigenvalue weighted by atomic mass is 10.0. The van der Waals surface area contributed by atoms with E-state index < -0.39 is 0 Å². The maximum Gasteiger partial charge on any atom is 0.224 e. The van der Waals surface area contributed by atoms with Gasteiger partial charge in [0.05, 0.1) is 12.8 Å². The number of carbonyl (C=O) groups is 1. The number of aryl methyl sites for hydroxylation is 1. The van der Waals surface area contributed by atoms with Gasteiger partial charge in [-0.2, -0.15) is 0 Å². The van der Waals surface area contributed by atoms with E-state index in [0.29, 0.717) is 12.2 Å². The molecule has 5 nitrogen and oxygen atoms in total. The van der Waals surface area contributed by atoms with E-state index in [1.54, 1.807) is 13.3 Å². The summed E-state index contributed by atoms with van der Waals surface area (Å²) >= 11 is 0. The largest absolute Gasteiger partial charge is 0.497 e. The van der Waals surface area contributed by atoms with Gasteiger partial charge in [0.1, 0.15) is 11.6 Å². The fourth-order valence-corrected chi connectivity index (χ4v) is 2.57. The monoisotopic (exact) mass is 321 g/mol. The molecule has 122 valence electrons. The average molecular weight is 321 g/mol. The minimum absolute atomic E-state index is 0.0323. The number of anilines is 1. The molecule has 0 bridgehead atoms. The maximum atomic E-state index is 11.9. The molecule has 0 unspecified atom stereocenters. The molecule has 0 aliphatic carbocycles. The highest BCUT2D eigenvalue weighted by Crippen LogP contribution is 2.32. The standard InChI is InChI=1S/C19H19N3O2/c1-4-19(23)22-18-10-14(17-7-8-20-12(2)21-17)9-13-5-6-15(24-3)11-16(13)18/h5-11H,4H2,1-3H3,(H,22,23). The first-order valence-corrected chi connectivity index (χ1v) is 7.82. The van der Waals surface area contributed by atoms with Crippen LogP contribution in [0, 0.1) is 6.92 Å². The van der Waals surface area contributed by atoms with Crippen LogP contribution in [-0.4, -0.2) is 23.0 Å². The SMILES string of the molecule is CCC(=O)Nc1cc(-c2ccnc(C)n2)cc2ccc(OC)cc12. The van der Waals surface area contributed by atoms with Crippen LogP contribution in [0.5, 0.6) is 5.75 Å². The van der Waals surface area contributed by atoms with E-state index in [1.165, 1.54) is 0 Å². The highest BCUT2D eigenvalue weighted by molar-refractivity contribution is 6.04. The van der Waals surface area contributed by atoms with E-state index in [0.717, 1.165) is 33.5 Å². The lowest BCUT2D eigenvalue weighted by Crippen LogP contribution is -2.10. The Morgan fingerprint density at radius 3 is 2.75 bits per heavy atom. The van der Waals surface area contributed by atoms with Crippen LogP contribution in [0.1, 0.15) is 19.2 Å². The van der Waals surface area contributed by atoms with Crippen LogP contribution in [0.3, 0.4) is 0 Å². The van der Waals surface area contributed by atoms with Gasteiger partial charge in [-0.15, -0.1) is 0 Å². The lowest BCUT2D eigenvalue weighted by Gasteiger charge is -2.12. The summed E-state index contributed by atoms with van der Waals surface area (Å²) in [6.45, 7) is 3.69. The zero-order chi connectivity index (χ0) is 17.1. The lowest BCUT2D eigenvalue weighted by molar-refractivity contribution is -0.115. The Kier molecular flexibility index (Phi) is 4.42. The molecule has 0 atom stereocenters. The first kappa shape index (κ1) is 15.9. The third-order valence-corrected chi connectivity index (χ3v) is 3.83. The maximum absolute atomic E-state index is 11.9. The molecule has 3 rings (SSSR count). The van der Waals surface area contributed by atoms with Crippen molar-refractivity contribution in [3.63, 3.8) is 0 Å². The molecule has 0 spiro atoms. The van der Waals surface area contributed by atoms with Crippen LogP contribution >= 0.6 is 0 Å². The van der Waals surface area contributed by atoms with Crippen LogP contribution in [0.4, 0.5) is 5.69 Å². The molecular formula is C19H19N3O2. The van der Waals surface area contributed by atoms with Crippen molar-refractivity contribution in [1.82, 2.24) is 9.97 Å². The van der Waals surface area contributed by atoms with E-state index in [2.05, 4.69) is 21.4 Å². The summed E-state index contributed by atoms with van der Waals surface area (Å²) < 4.78 is 5.31. The third-order valence-electron chi connectivity index (χ3n) is 3.83. The van der Waals surface area contributed by atoms with Crippen molar-refractivity contribution in [2.45, 2.75) is 20.3 Å². The Hall–Kier alpha value is -2.95. The topological polar surface area (TPSA) is 64.1 Å². The van der Waals surface area contributed by atoms with Gasteiger partial charge in [-0.25, -0.2) is 9.97 Å². The number of nitrogens with zero attached hydrogens (tertiary/aromatic N) is 2. The van der Waals surface area contributed by atoms with Crippen molar-refractivity contribution in [2.24, 2.45) is 0 Å². The predicted molar refractivity (Wildman–Crippen MR) is 95.2 cm³/mol. The molecule has 1 amide bonds. The van der Waals surface area contributed by atoms with Crippen molar-refractivity contribution < 1.29 is 9.53 Å². The molecule has 1 aromatic heterocycles. The molecule has 24 heavy (non-hydrogen) atoms. The Morgan fingerprint density at radius 2 is 2.04 bits per heavy atom. The Labute approximate surface area is 140 Å². The molecule has 3 aromatic rings. The van der Waals surface area contributed by atoms with Gasteiger partial charge in [0, 0.05) is 29.3 Å². The van der Waals surface area contributed by atoms with Crippen molar-refractivity contribution in [2.75, 3.05) is 12.4 Å². The molecular weight excluding hydrogens is 302 g/mol. The highest BCUT2D eigenvalue weighted by Gasteiger charge is 2.10. The number of amides is 1. The minimum Gasteiger partial charge on any atom is -0.497 e. The van der Waals surface area contributed by atoms with Crippen molar-refractivity contribution in [3.8, 4) is 17.0 Å². The Morgan fingerprint density at radius 1 is 1.21 bits per heavy atom. The summed E-state index contributed by atoms with van der Waals surface area (Å²) in [5.74, 6) is 1.43. The van der Waals surface area contributed by atoms with E-state index in [1.807, 2.05) is 44.2 Å². The Bertz CT molecular complexity index is 906. The molecule has 2 aromatic carbocycles. The van der Waals surface area contributed by atoms with Crippen LogP contribution in [0.15, 0.2) is 42.6 Å². The number of nitrogens with one attached hydrogen (secondary N) is 1. The number of fused-ring (bicyclic) bond motifs is 1. The van der Waals surface area contributed by atoms with Gasteiger partial charge < -0.3 is 10.1 Å². The van der Waals surface area contributed by atoms with Crippen molar-refractivity contribution >= 4 is 22.4 Å². The number of hydrogen-bond acceptors (Lipinski definition) is 4. The van der Waals surface area contributed by atoms with Crippen LogP contribution < -0.4 is 10.1 Å². The van der Waals surface area contributed by atoms with Gasteiger partial charge in [0.2, 0.25) is 5.91 Å². The van der Waals surface area contributed by atoms with Gasteiger partial charge in [0.15, 0.2) is 0 Å². The van der Waals surface area contributed by atoms with Gasteiger partial charge >= 0.3 is 0 Å². The highest BCUT2D eigenvalue weighted by atomic mass is 16.5. The second-order valence-corrected chi connectivity index (χ2v) is 5.50. The fraction of sp³-hybridized carbons (Fsp3) is 0.211. The molecule has 5 heteroatoms. The molecule has 0 saturated heterocycles.